The molecule has 0 bridgehead atoms. The van der Waals surface area contributed by atoms with Crippen molar-refractivity contribution in [3.05, 3.63) is 32.8 Å². The Balaban J connectivity index is 2.74. The number of hydrogen-bond acceptors (Lipinski definition) is 5. The molecule has 0 radical (unpaired) electrons. The summed E-state index contributed by atoms with van der Waals surface area (Å²) in [6.45, 7) is 0.867. The third kappa shape index (κ3) is 4.78. The summed E-state index contributed by atoms with van der Waals surface area (Å²) in [6.07, 6.45) is 0. The summed E-state index contributed by atoms with van der Waals surface area (Å²) in [5, 5.41) is 13.7. The first kappa shape index (κ1) is 16.4. The van der Waals surface area contributed by atoms with Crippen LogP contribution in [0.4, 0.5) is 11.4 Å². The largest absolute Gasteiger partial charge is 0.383 e. The lowest BCUT2D eigenvalue weighted by Gasteiger charge is -2.18. The lowest BCUT2D eigenvalue weighted by atomic mass is 10.2. The maximum Gasteiger partial charge on any atom is 0.293 e. The smallest absolute Gasteiger partial charge is 0.293 e. The van der Waals surface area contributed by atoms with E-state index < -0.39 is 4.92 Å². The van der Waals surface area contributed by atoms with Crippen molar-refractivity contribution in [2.75, 3.05) is 38.8 Å². The second kappa shape index (κ2) is 7.81. The normalized spacial score (nSPS) is 10.2. The van der Waals surface area contributed by atoms with E-state index in [0.29, 0.717) is 23.3 Å². The Bertz CT molecular complexity index is 496. The van der Waals surface area contributed by atoms with Crippen molar-refractivity contribution >= 4 is 33.2 Å². The van der Waals surface area contributed by atoms with Crippen LogP contribution in [-0.4, -0.2) is 44.7 Å². The van der Waals surface area contributed by atoms with E-state index in [4.69, 9.17) is 4.74 Å². The molecule has 0 heterocycles. The number of likely N-dealkylation sites (N-methyl/N-ethyl adjacent to an activating group) is 1. The van der Waals surface area contributed by atoms with E-state index in [1.165, 1.54) is 11.0 Å². The number of nitro groups is 1. The lowest BCUT2D eigenvalue weighted by molar-refractivity contribution is -0.384. The minimum atomic E-state index is -0.473. The van der Waals surface area contributed by atoms with Crippen LogP contribution in [0.5, 0.6) is 0 Å². The molecule has 0 spiro atoms. The van der Waals surface area contributed by atoms with Gasteiger partial charge in [0.05, 0.1) is 18.1 Å². The molecule has 1 N–H and O–H groups in total. The van der Waals surface area contributed by atoms with Gasteiger partial charge in [-0.15, -0.1) is 0 Å². The number of benzene rings is 1. The van der Waals surface area contributed by atoms with Gasteiger partial charge in [0.1, 0.15) is 5.69 Å². The summed E-state index contributed by atoms with van der Waals surface area (Å²) >= 11 is 3.19. The van der Waals surface area contributed by atoms with Gasteiger partial charge in [0.15, 0.2) is 0 Å². The summed E-state index contributed by atoms with van der Waals surface area (Å²) in [4.78, 5) is 23.7. The summed E-state index contributed by atoms with van der Waals surface area (Å²) < 4.78 is 5.44. The van der Waals surface area contributed by atoms with Crippen LogP contribution in [0.2, 0.25) is 0 Å². The van der Waals surface area contributed by atoms with Gasteiger partial charge in [-0.05, 0) is 12.1 Å². The highest BCUT2D eigenvalue weighted by Crippen LogP contribution is 2.30. The Hall–Kier alpha value is -1.67. The number of nitrogens with one attached hydrogen (secondary N) is 1. The van der Waals surface area contributed by atoms with Gasteiger partial charge in [-0.25, -0.2) is 0 Å². The van der Waals surface area contributed by atoms with Crippen molar-refractivity contribution in [3.63, 3.8) is 0 Å². The molecule has 1 rings (SSSR count). The van der Waals surface area contributed by atoms with Gasteiger partial charge in [0.25, 0.3) is 5.69 Å². The fraction of sp³-hybridized carbons (Fsp3) is 0.417. The maximum atomic E-state index is 11.7. The molecule has 0 aromatic heterocycles. The number of nitrogens with zero attached hydrogens (tertiary/aromatic N) is 2. The van der Waals surface area contributed by atoms with Crippen LogP contribution in [-0.2, 0) is 9.53 Å². The minimum Gasteiger partial charge on any atom is -0.383 e. The maximum absolute atomic E-state index is 11.7. The molecule has 7 nitrogen and oxygen atoms in total. The number of anilines is 1. The Kier molecular flexibility index (Phi) is 6.40. The molecule has 0 aliphatic rings. The average molecular weight is 346 g/mol. The fourth-order valence-electron chi connectivity index (χ4n) is 1.61. The standard InChI is InChI=1S/C12H16BrN3O4/c1-15(8-12(17)14-5-6-20-2)10-4-3-9(13)7-11(10)16(18)19/h3-4,7H,5-6,8H2,1-2H3,(H,14,17). The van der Waals surface area contributed by atoms with Gasteiger partial charge in [-0.2, -0.15) is 0 Å². The molecule has 0 fully saturated rings. The molecule has 1 aromatic carbocycles. The minimum absolute atomic E-state index is 0.0339. The number of nitro benzene ring substituents is 1. The van der Waals surface area contributed by atoms with Crippen molar-refractivity contribution in [1.82, 2.24) is 5.32 Å². The van der Waals surface area contributed by atoms with E-state index in [2.05, 4.69) is 21.2 Å². The highest BCUT2D eigenvalue weighted by Gasteiger charge is 2.19. The Morgan fingerprint density at radius 2 is 2.25 bits per heavy atom. The zero-order chi connectivity index (χ0) is 15.1. The Morgan fingerprint density at radius 3 is 2.85 bits per heavy atom. The summed E-state index contributed by atoms with van der Waals surface area (Å²) in [5.74, 6) is -0.221. The van der Waals surface area contributed by atoms with E-state index in [0.717, 1.165) is 0 Å². The van der Waals surface area contributed by atoms with Crippen LogP contribution in [0.25, 0.3) is 0 Å². The highest BCUT2D eigenvalue weighted by atomic mass is 79.9. The first-order valence-electron chi connectivity index (χ1n) is 5.86. The number of methoxy groups -OCH3 is 1. The van der Waals surface area contributed by atoms with Gasteiger partial charge >= 0.3 is 0 Å². The topological polar surface area (TPSA) is 84.7 Å². The predicted molar refractivity (Wildman–Crippen MR) is 79.0 cm³/mol. The molecule has 1 amide bonds. The number of hydrogen-bond donors (Lipinski definition) is 1. The van der Waals surface area contributed by atoms with Gasteiger partial charge < -0.3 is 15.0 Å². The van der Waals surface area contributed by atoms with Gasteiger partial charge in [-0.3, -0.25) is 14.9 Å². The van der Waals surface area contributed by atoms with Crippen molar-refractivity contribution in [2.24, 2.45) is 0 Å². The summed E-state index contributed by atoms with van der Waals surface area (Å²) in [7, 11) is 3.18. The Morgan fingerprint density at radius 1 is 1.55 bits per heavy atom. The molecular formula is C12H16BrN3O4. The van der Waals surface area contributed by atoms with Crippen LogP contribution in [0.1, 0.15) is 0 Å². The van der Waals surface area contributed by atoms with E-state index in [1.807, 2.05) is 0 Å². The van der Waals surface area contributed by atoms with Crippen molar-refractivity contribution in [1.29, 1.82) is 0 Å². The first-order valence-corrected chi connectivity index (χ1v) is 6.65. The van der Waals surface area contributed by atoms with E-state index >= 15 is 0 Å². The van der Waals surface area contributed by atoms with Crippen LogP contribution in [0.15, 0.2) is 22.7 Å². The molecule has 0 aliphatic carbocycles. The van der Waals surface area contributed by atoms with Crippen molar-refractivity contribution < 1.29 is 14.5 Å². The number of halogens is 1. The molecule has 0 unspecified atom stereocenters. The molecule has 0 saturated carbocycles. The van der Waals surface area contributed by atoms with Crippen molar-refractivity contribution in [2.45, 2.75) is 0 Å². The monoisotopic (exact) mass is 345 g/mol. The molecule has 0 atom stereocenters. The SMILES string of the molecule is COCCNC(=O)CN(C)c1ccc(Br)cc1[N+](=O)[O-]. The average Bonchev–Trinajstić information content (AvgIpc) is 2.38. The molecule has 0 saturated heterocycles. The van der Waals surface area contributed by atoms with Crippen LogP contribution in [0, 0.1) is 10.1 Å². The second-order valence-electron chi connectivity index (χ2n) is 4.09. The molecule has 1 aromatic rings. The van der Waals surface area contributed by atoms with Gasteiger partial charge in [0, 0.05) is 31.2 Å². The zero-order valence-corrected chi connectivity index (χ0v) is 12.8. The van der Waals surface area contributed by atoms with E-state index in [-0.39, 0.29) is 18.1 Å². The number of carbonyl (C=O) groups excluding carboxylic acids is 1. The van der Waals surface area contributed by atoms with E-state index in [1.54, 1.807) is 26.3 Å². The summed E-state index contributed by atoms with van der Waals surface area (Å²) in [6, 6.07) is 4.71. The quantitative estimate of drug-likeness (QED) is 0.460. The molecule has 0 aliphatic heterocycles. The number of ether oxygens (including phenoxy) is 1. The van der Waals surface area contributed by atoms with Crippen LogP contribution < -0.4 is 10.2 Å². The Labute approximate surface area is 125 Å². The second-order valence-corrected chi connectivity index (χ2v) is 5.00. The zero-order valence-electron chi connectivity index (χ0n) is 11.3. The molecule has 8 heteroatoms. The number of carbonyl (C=O) groups is 1. The van der Waals surface area contributed by atoms with Crippen molar-refractivity contribution in [3.8, 4) is 0 Å². The van der Waals surface area contributed by atoms with Gasteiger partial charge in [-0.1, -0.05) is 15.9 Å². The lowest BCUT2D eigenvalue weighted by Crippen LogP contribution is -2.36. The predicted octanol–water partition coefficient (Wildman–Crippen LogP) is 1.56. The third-order valence-electron chi connectivity index (χ3n) is 2.55. The molecular weight excluding hydrogens is 330 g/mol. The molecule has 110 valence electrons. The van der Waals surface area contributed by atoms with E-state index in [9.17, 15) is 14.9 Å². The number of amides is 1. The highest BCUT2D eigenvalue weighted by molar-refractivity contribution is 9.10. The van der Waals surface area contributed by atoms with Crippen LogP contribution >= 0.6 is 15.9 Å². The molecule has 20 heavy (non-hydrogen) atoms. The third-order valence-corrected chi connectivity index (χ3v) is 3.05. The van der Waals surface area contributed by atoms with Crippen LogP contribution in [0.3, 0.4) is 0 Å². The van der Waals surface area contributed by atoms with Gasteiger partial charge in [0.2, 0.25) is 5.91 Å². The fourth-order valence-corrected chi connectivity index (χ4v) is 1.96. The number of rotatable bonds is 7. The summed E-state index contributed by atoms with van der Waals surface area (Å²) in [5.41, 5.74) is 0.339. The first-order chi connectivity index (χ1) is 9.45.